The third-order valence-corrected chi connectivity index (χ3v) is 2.77. The van der Waals surface area contributed by atoms with Crippen LogP contribution < -0.4 is 5.73 Å². The highest BCUT2D eigenvalue weighted by atomic mass is 79.9. The normalized spacial score (nSPS) is 10.4. The number of amides is 1. The number of carbonyl (C=O) groups excluding carboxylic acids is 1. The minimum Gasteiger partial charge on any atom is -0.364 e. The van der Waals surface area contributed by atoms with Gasteiger partial charge in [0.2, 0.25) is 0 Å². The van der Waals surface area contributed by atoms with Gasteiger partial charge in [-0.05, 0) is 34.1 Å². The van der Waals surface area contributed by atoms with Crippen LogP contribution in [0.2, 0.25) is 5.02 Å². The maximum Gasteiger partial charge on any atom is 0.270 e. The molecule has 0 aliphatic heterocycles. The predicted molar refractivity (Wildman–Crippen MR) is 62.6 cm³/mol. The number of hydrogen-bond acceptors (Lipinski definition) is 3. The molecule has 0 unspecified atom stereocenters. The molecule has 1 heterocycles. The summed E-state index contributed by atoms with van der Waals surface area (Å²) >= 11 is 9.15. The fourth-order valence-corrected chi connectivity index (χ4v) is 2.03. The van der Waals surface area contributed by atoms with E-state index >= 15 is 0 Å². The Bertz CT molecular complexity index is 554. The van der Waals surface area contributed by atoms with Gasteiger partial charge in [0.1, 0.15) is 0 Å². The molecule has 1 amide bonds. The lowest BCUT2D eigenvalue weighted by Gasteiger charge is -2.02. The number of primary amides is 1. The van der Waals surface area contributed by atoms with E-state index in [-0.39, 0.29) is 5.69 Å². The van der Waals surface area contributed by atoms with Crippen LogP contribution in [0.4, 0.5) is 0 Å². The van der Waals surface area contributed by atoms with Gasteiger partial charge in [-0.3, -0.25) is 4.79 Å². The molecule has 0 bridgehead atoms. The average Bonchev–Trinajstić information content (AvgIpc) is 2.66. The zero-order valence-corrected chi connectivity index (χ0v) is 10.2. The summed E-state index contributed by atoms with van der Waals surface area (Å²) in [5.41, 5.74) is 5.92. The van der Waals surface area contributed by atoms with Crippen molar-refractivity contribution < 1.29 is 4.79 Å². The number of hydrogen-bond donors (Lipinski definition) is 1. The topological polar surface area (TPSA) is 73.8 Å². The number of aromatic nitrogens is 3. The van der Waals surface area contributed by atoms with Gasteiger partial charge in [-0.15, -0.1) is 5.10 Å². The molecule has 0 saturated carbocycles. The molecule has 0 radical (unpaired) electrons. The standard InChI is InChI=1S/C9H6BrClN4O/c10-6-3-5(11)1-2-8(6)15-4-7(9(12)16)13-14-15/h1-4H,(H2,12,16). The minimum absolute atomic E-state index is 0.113. The molecule has 0 saturated heterocycles. The van der Waals surface area contributed by atoms with Gasteiger partial charge in [0.25, 0.3) is 5.91 Å². The molecule has 82 valence electrons. The summed E-state index contributed by atoms with van der Waals surface area (Å²) in [6, 6.07) is 5.20. The van der Waals surface area contributed by atoms with Crippen molar-refractivity contribution in [1.29, 1.82) is 0 Å². The third-order valence-electron chi connectivity index (χ3n) is 1.90. The highest BCUT2D eigenvalue weighted by molar-refractivity contribution is 9.10. The fraction of sp³-hybridized carbons (Fsp3) is 0. The van der Waals surface area contributed by atoms with Crippen LogP contribution in [0, 0.1) is 0 Å². The van der Waals surface area contributed by atoms with Gasteiger partial charge in [0, 0.05) is 9.50 Å². The van der Waals surface area contributed by atoms with Crippen molar-refractivity contribution in [3.8, 4) is 5.69 Å². The Morgan fingerprint density at radius 1 is 1.50 bits per heavy atom. The molecule has 2 N–H and O–H groups in total. The summed E-state index contributed by atoms with van der Waals surface area (Å²) in [7, 11) is 0. The zero-order valence-electron chi connectivity index (χ0n) is 7.89. The molecule has 0 fully saturated rings. The Labute approximate surface area is 104 Å². The van der Waals surface area contributed by atoms with Crippen LogP contribution in [-0.2, 0) is 0 Å². The molecular weight excluding hydrogens is 295 g/mol. The number of carbonyl (C=O) groups is 1. The lowest BCUT2D eigenvalue weighted by molar-refractivity contribution is 0.0995. The SMILES string of the molecule is NC(=O)c1cn(-c2ccc(Cl)cc2Br)nn1. The Morgan fingerprint density at radius 2 is 2.25 bits per heavy atom. The molecule has 16 heavy (non-hydrogen) atoms. The van der Waals surface area contributed by atoms with Crippen LogP contribution in [0.1, 0.15) is 10.5 Å². The zero-order chi connectivity index (χ0) is 11.7. The maximum atomic E-state index is 10.9. The van der Waals surface area contributed by atoms with Crippen molar-refractivity contribution in [3.05, 3.63) is 39.6 Å². The summed E-state index contributed by atoms with van der Waals surface area (Å²) in [5.74, 6) is -0.615. The fourth-order valence-electron chi connectivity index (χ4n) is 1.16. The maximum absolute atomic E-state index is 10.9. The summed E-state index contributed by atoms with van der Waals surface area (Å²) < 4.78 is 2.20. The van der Waals surface area contributed by atoms with Crippen LogP contribution in [0.25, 0.3) is 5.69 Å². The second-order valence-electron chi connectivity index (χ2n) is 3.01. The lowest BCUT2D eigenvalue weighted by Crippen LogP contribution is -2.11. The van der Waals surface area contributed by atoms with E-state index in [1.165, 1.54) is 10.9 Å². The first-order valence-electron chi connectivity index (χ1n) is 4.25. The molecule has 7 heteroatoms. The lowest BCUT2D eigenvalue weighted by atomic mass is 10.3. The van der Waals surface area contributed by atoms with Gasteiger partial charge in [-0.25, -0.2) is 4.68 Å². The van der Waals surface area contributed by atoms with Crippen molar-refractivity contribution in [3.63, 3.8) is 0 Å². The first-order chi connectivity index (χ1) is 7.58. The quantitative estimate of drug-likeness (QED) is 0.919. The Kier molecular flexibility index (Phi) is 2.93. The third kappa shape index (κ3) is 2.07. The number of nitrogens with two attached hydrogens (primary N) is 1. The second kappa shape index (κ2) is 4.23. The Hall–Kier alpha value is -1.40. The number of nitrogens with zero attached hydrogens (tertiary/aromatic N) is 3. The molecule has 2 rings (SSSR count). The van der Waals surface area contributed by atoms with E-state index in [2.05, 4.69) is 26.2 Å². The Balaban J connectivity index is 2.46. The molecule has 1 aromatic heterocycles. The van der Waals surface area contributed by atoms with Gasteiger partial charge in [0.05, 0.1) is 11.9 Å². The van der Waals surface area contributed by atoms with E-state index in [0.29, 0.717) is 5.02 Å². The van der Waals surface area contributed by atoms with E-state index in [9.17, 15) is 4.79 Å². The molecule has 0 atom stereocenters. The smallest absolute Gasteiger partial charge is 0.270 e. The minimum atomic E-state index is -0.615. The molecule has 0 spiro atoms. The molecular formula is C9H6BrClN4O. The molecule has 0 aliphatic rings. The van der Waals surface area contributed by atoms with E-state index in [1.807, 2.05) is 0 Å². The largest absolute Gasteiger partial charge is 0.364 e. The van der Waals surface area contributed by atoms with E-state index in [0.717, 1.165) is 10.2 Å². The van der Waals surface area contributed by atoms with Gasteiger partial charge >= 0.3 is 0 Å². The van der Waals surface area contributed by atoms with Gasteiger partial charge in [-0.2, -0.15) is 0 Å². The monoisotopic (exact) mass is 300 g/mol. The number of rotatable bonds is 2. The van der Waals surface area contributed by atoms with Gasteiger partial charge in [-0.1, -0.05) is 16.8 Å². The van der Waals surface area contributed by atoms with Crippen LogP contribution >= 0.6 is 27.5 Å². The first kappa shape index (κ1) is 11.1. The average molecular weight is 302 g/mol. The van der Waals surface area contributed by atoms with Crippen molar-refractivity contribution in [2.45, 2.75) is 0 Å². The first-order valence-corrected chi connectivity index (χ1v) is 5.42. The summed E-state index contributed by atoms with van der Waals surface area (Å²) in [5, 5.41) is 8.03. The van der Waals surface area contributed by atoms with E-state index < -0.39 is 5.91 Å². The van der Waals surface area contributed by atoms with Crippen molar-refractivity contribution in [1.82, 2.24) is 15.0 Å². The van der Waals surface area contributed by atoms with E-state index in [1.54, 1.807) is 18.2 Å². The van der Waals surface area contributed by atoms with Crippen LogP contribution in [0.15, 0.2) is 28.9 Å². The van der Waals surface area contributed by atoms with Crippen molar-refractivity contribution >= 4 is 33.4 Å². The highest BCUT2D eigenvalue weighted by Gasteiger charge is 2.09. The molecule has 5 nitrogen and oxygen atoms in total. The van der Waals surface area contributed by atoms with Crippen molar-refractivity contribution in [2.75, 3.05) is 0 Å². The second-order valence-corrected chi connectivity index (χ2v) is 4.30. The summed E-state index contributed by atoms with van der Waals surface area (Å²) in [6.45, 7) is 0. The summed E-state index contributed by atoms with van der Waals surface area (Å²) in [6.07, 6.45) is 1.45. The van der Waals surface area contributed by atoms with Gasteiger partial charge in [0.15, 0.2) is 5.69 Å². The van der Waals surface area contributed by atoms with E-state index in [4.69, 9.17) is 17.3 Å². The Morgan fingerprint density at radius 3 is 2.81 bits per heavy atom. The molecule has 0 aliphatic carbocycles. The highest BCUT2D eigenvalue weighted by Crippen LogP contribution is 2.24. The number of benzene rings is 1. The van der Waals surface area contributed by atoms with Gasteiger partial charge < -0.3 is 5.73 Å². The molecule has 1 aromatic carbocycles. The van der Waals surface area contributed by atoms with Crippen LogP contribution in [-0.4, -0.2) is 20.9 Å². The molecule has 2 aromatic rings. The van der Waals surface area contributed by atoms with Crippen LogP contribution in [0.5, 0.6) is 0 Å². The predicted octanol–water partition coefficient (Wildman–Crippen LogP) is 1.78. The van der Waals surface area contributed by atoms with Crippen molar-refractivity contribution in [2.24, 2.45) is 5.73 Å². The van der Waals surface area contributed by atoms with Crippen LogP contribution in [0.3, 0.4) is 0 Å². The summed E-state index contributed by atoms with van der Waals surface area (Å²) in [4.78, 5) is 10.9. The number of halogens is 2.